The van der Waals surface area contributed by atoms with Gasteiger partial charge in [-0.05, 0) is 49.6 Å². The predicted octanol–water partition coefficient (Wildman–Crippen LogP) is 2.94. The maximum atomic E-state index is 12.9. The highest BCUT2D eigenvalue weighted by Crippen LogP contribution is 2.29. The van der Waals surface area contributed by atoms with Crippen LogP contribution in [0, 0.1) is 11.7 Å². The van der Waals surface area contributed by atoms with Crippen LogP contribution in [-0.4, -0.2) is 16.7 Å². The van der Waals surface area contributed by atoms with Crippen molar-refractivity contribution in [2.24, 2.45) is 5.92 Å². The molecule has 1 aliphatic heterocycles. The van der Waals surface area contributed by atoms with Crippen LogP contribution in [0.15, 0.2) is 28.8 Å². The maximum absolute atomic E-state index is 12.9. The lowest BCUT2D eigenvalue weighted by atomic mass is 9.93. The maximum Gasteiger partial charge on any atom is 0.244 e. The van der Waals surface area contributed by atoms with Gasteiger partial charge in [0.2, 0.25) is 11.7 Å². The van der Waals surface area contributed by atoms with Crippen LogP contribution in [0.25, 0.3) is 11.4 Å². The minimum Gasteiger partial charge on any atom is -0.337 e. The van der Waals surface area contributed by atoms with Gasteiger partial charge in [-0.1, -0.05) is 12.1 Å². The van der Waals surface area contributed by atoms with E-state index in [9.17, 15) is 4.39 Å². The first kappa shape index (κ1) is 12.3. The molecule has 0 bridgehead atoms. The summed E-state index contributed by atoms with van der Waals surface area (Å²) in [4.78, 5) is 4.42. The van der Waals surface area contributed by atoms with Gasteiger partial charge in [0.05, 0.1) is 6.04 Å². The quantitative estimate of drug-likeness (QED) is 0.903. The van der Waals surface area contributed by atoms with Gasteiger partial charge >= 0.3 is 0 Å². The van der Waals surface area contributed by atoms with Crippen molar-refractivity contribution >= 4 is 0 Å². The molecule has 1 fully saturated rings. The molecule has 0 spiro atoms. The summed E-state index contributed by atoms with van der Waals surface area (Å²) in [6.07, 6.45) is 2.34. The molecule has 1 aromatic heterocycles. The van der Waals surface area contributed by atoms with Crippen LogP contribution >= 0.6 is 0 Å². The van der Waals surface area contributed by atoms with Crippen molar-refractivity contribution in [1.29, 1.82) is 0 Å². The zero-order chi connectivity index (χ0) is 13.2. The van der Waals surface area contributed by atoms with E-state index in [4.69, 9.17) is 4.52 Å². The van der Waals surface area contributed by atoms with Crippen LogP contribution in [0.1, 0.15) is 31.7 Å². The number of benzene rings is 1. The molecule has 0 aliphatic carbocycles. The molecule has 1 aliphatic rings. The van der Waals surface area contributed by atoms with E-state index in [1.165, 1.54) is 18.6 Å². The Balaban J connectivity index is 1.84. The second kappa shape index (κ2) is 5.09. The number of halogens is 1. The van der Waals surface area contributed by atoms with Crippen molar-refractivity contribution < 1.29 is 8.91 Å². The Hall–Kier alpha value is -1.75. The number of nitrogens with one attached hydrogen (secondary N) is 1. The van der Waals surface area contributed by atoms with E-state index in [-0.39, 0.29) is 11.9 Å². The van der Waals surface area contributed by atoms with Gasteiger partial charge in [-0.25, -0.2) is 4.39 Å². The van der Waals surface area contributed by atoms with E-state index < -0.39 is 0 Å². The molecular weight excluding hydrogens is 245 g/mol. The van der Waals surface area contributed by atoms with Crippen molar-refractivity contribution in [2.75, 3.05) is 6.54 Å². The average molecular weight is 261 g/mol. The molecule has 2 aromatic rings. The summed E-state index contributed by atoms with van der Waals surface area (Å²) in [6.45, 7) is 3.15. The monoisotopic (exact) mass is 261 g/mol. The van der Waals surface area contributed by atoms with Gasteiger partial charge in [0, 0.05) is 5.56 Å². The van der Waals surface area contributed by atoms with Gasteiger partial charge in [-0.3, -0.25) is 0 Å². The van der Waals surface area contributed by atoms with Crippen LogP contribution in [0.5, 0.6) is 0 Å². The van der Waals surface area contributed by atoms with E-state index in [1.54, 1.807) is 12.1 Å². The summed E-state index contributed by atoms with van der Waals surface area (Å²) in [7, 11) is 0. The highest BCUT2D eigenvalue weighted by Gasteiger charge is 2.27. The summed E-state index contributed by atoms with van der Waals surface area (Å²) < 4.78 is 18.2. The molecule has 19 heavy (non-hydrogen) atoms. The smallest absolute Gasteiger partial charge is 0.244 e. The first-order valence-corrected chi connectivity index (χ1v) is 6.57. The van der Waals surface area contributed by atoms with E-state index >= 15 is 0 Å². The summed E-state index contributed by atoms with van der Waals surface area (Å²) in [5, 5.41) is 7.38. The summed E-state index contributed by atoms with van der Waals surface area (Å²) in [5.74, 6) is 1.34. The van der Waals surface area contributed by atoms with Crippen LogP contribution in [0.2, 0.25) is 0 Å². The van der Waals surface area contributed by atoms with Crippen LogP contribution < -0.4 is 5.32 Å². The number of nitrogens with zero attached hydrogens (tertiary/aromatic N) is 2. The second-order valence-electron chi connectivity index (χ2n) is 5.01. The summed E-state index contributed by atoms with van der Waals surface area (Å²) >= 11 is 0. The lowest BCUT2D eigenvalue weighted by molar-refractivity contribution is 0.239. The first-order chi connectivity index (χ1) is 9.24. The molecule has 1 N–H and O–H groups in total. The molecular formula is C14H16FN3O. The number of hydrogen-bond acceptors (Lipinski definition) is 4. The highest BCUT2D eigenvalue weighted by atomic mass is 19.1. The van der Waals surface area contributed by atoms with Crippen molar-refractivity contribution in [1.82, 2.24) is 15.5 Å². The highest BCUT2D eigenvalue weighted by molar-refractivity contribution is 5.53. The van der Waals surface area contributed by atoms with E-state index in [0.717, 1.165) is 18.5 Å². The van der Waals surface area contributed by atoms with E-state index in [1.807, 2.05) is 0 Å². The molecule has 0 radical (unpaired) electrons. The van der Waals surface area contributed by atoms with Gasteiger partial charge in [0.25, 0.3) is 0 Å². The fourth-order valence-electron chi connectivity index (χ4n) is 2.46. The van der Waals surface area contributed by atoms with Gasteiger partial charge in [0.15, 0.2) is 0 Å². The third-order valence-corrected chi connectivity index (χ3v) is 3.58. The Morgan fingerprint density at radius 2 is 2.11 bits per heavy atom. The Morgan fingerprint density at radius 3 is 2.84 bits per heavy atom. The van der Waals surface area contributed by atoms with Gasteiger partial charge in [-0.2, -0.15) is 4.98 Å². The van der Waals surface area contributed by atoms with E-state index in [2.05, 4.69) is 22.4 Å². The first-order valence-electron chi connectivity index (χ1n) is 6.57. The molecule has 0 amide bonds. The molecule has 2 atom stereocenters. The SMILES string of the molecule is CC1CCCNC1c1nc(-c2ccc(F)cc2)no1. The van der Waals surface area contributed by atoms with Crippen LogP contribution in [-0.2, 0) is 0 Å². The van der Waals surface area contributed by atoms with Crippen LogP contribution in [0.4, 0.5) is 4.39 Å². The number of piperidine rings is 1. The number of rotatable bonds is 2. The minimum atomic E-state index is -0.268. The van der Waals surface area contributed by atoms with E-state index in [0.29, 0.717) is 17.6 Å². The molecule has 1 saturated heterocycles. The number of aromatic nitrogens is 2. The molecule has 2 heterocycles. The largest absolute Gasteiger partial charge is 0.337 e. The van der Waals surface area contributed by atoms with Crippen molar-refractivity contribution in [3.05, 3.63) is 36.0 Å². The molecule has 5 heteroatoms. The lowest BCUT2D eigenvalue weighted by Crippen LogP contribution is -2.33. The molecule has 2 unspecified atom stereocenters. The lowest BCUT2D eigenvalue weighted by Gasteiger charge is -2.26. The molecule has 100 valence electrons. The number of hydrogen-bond donors (Lipinski definition) is 1. The van der Waals surface area contributed by atoms with Crippen molar-refractivity contribution in [2.45, 2.75) is 25.8 Å². The Kier molecular flexibility index (Phi) is 3.29. The summed E-state index contributed by atoms with van der Waals surface area (Å²) in [5.41, 5.74) is 0.764. The minimum absolute atomic E-state index is 0.121. The Labute approximate surface area is 111 Å². The standard InChI is InChI=1S/C14H16FN3O/c1-9-3-2-8-16-12(9)14-17-13(18-19-14)10-4-6-11(15)7-5-10/h4-7,9,12,16H,2-3,8H2,1H3. The van der Waals surface area contributed by atoms with Crippen LogP contribution in [0.3, 0.4) is 0 Å². The second-order valence-corrected chi connectivity index (χ2v) is 5.01. The fraction of sp³-hybridized carbons (Fsp3) is 0.429. The normalized spacial score (nSPS) is 23.5. The molecule has 0 saturated carbocycles. The molecule has 4 nitrogen and oxygen atoms in total. The predicted molar refractivity (Wildman–Crippen MR) is 68.8 cm³/mol. The molecule has 3 rings (SSSR count). The van der Waals surface area contributed by atoms with Gasteiger partial charge in [0.1, 0.15) is 5.82 Å². The summed E-state index contributed by atoms with van der Waals surface area (Å²) in [6, 6.07) is 6.22. The zero-order valence-corrected chi connectivity index (χ0v) is 10.8. The average Bonchev–Trinajstić information content (AvgIpc) is 2.89. The van der Waals surface area contributed by atoms with Crippen molar-refractivity contribution in [3.63, 3.8) is 0 Å². The van der Waals surface area contributed by atoms with Crippen molar-refractivity contribution in [3.8, 4) is 11.4 Å². The Bertz CT molecular complexity index is 552. The molecule has 1 aromatic carbocycles. The van der Waals surface area contributed by atoms with Gasteiger partial charge < -0.3 is 9.84 Å². The third-order valence-electron chi connectivity index (χ3n) is 3.58. The van der Waals surface area contributed by atoms with Gasteiger partial charge in [-0.15, -0.1) is 0 Å². The third kappa shape index (κ3) is 2.51. The Morgan fingerprint density at radius 1 is 1.32 bits per heavy atom. The zero-order valence-electron chi connectivity index (χ0n) is 10.8. The topological polar surface area (TPSA) is 51.0 Å². The fourth-order valence-corrected chi connectivity index (χ4v) is 2.46.